The lowest BCUT2D eigenvalue weighted by Gasteiger charge is -2.31. The van der Waals surface area contributed by atoms with Crippen molar-refractivity contribution in [2.75, 3.05) is 19.8 Å². The Balaban J connectivity index is 1.77. The van der Waals surface area contributed by atoms with Gasteiger partial charge in [-0.25, -0.2) is 8.78 Å². The minimum atomic E-state index is -0.366. The van der Waals surface area contributed by atoms with Gasteiger partial charge in [-0.1, -0.05) is 25.3 Å². The fourth-order valence-corrected chi connectivity index (χ4v) is 3.93. The molecule has 37 heavy (non-hydrogen) atoms. The number of carbonyl (C=O) groups is 1. The molecular formula is C29H32F2N4O2. The number of nitrogens with one attached hydrogen (secondary N) is 1. The number of carbonyl (C=O) groups excluding carboxylic acids is 1. The summed E-state index contributed by atoms with van der Waals surface area (Å²) in [5, 5.41) is 3.03. The van der Waals surface area contributed by atoms with Gasteiger partial charge in [-0.2, -0.15) is 0 Å². The first-order valence-electron chi connectivity index (χ1n) is 12.1. The zero-order chi connectivity index (χ0) is 26.8. The van der Waals surface area contributed by atoms with Gasteiger partial charge in [0, 0.05) is 36.5 Å². The van der Waals surface area contributed by atoms with Gasteiger partial charge in [0.2, 0.25) is 0 Å². The Morgan fingerprint density at radius 2 is 1.86 bits per heavy atom. The van der Waals surface area contributed by atoms with E-state index in [1.54, 1.807) is 43.3 Å². The Kier molecular flexibility index (Phi) is 10.0. The molecule has 1 aromatic heterocycles. The van der Waals surface area contributed by atoms with Gasteiger partial charge in [-0.15, -0.1) is 0 Å². The number of furan rings is 1. The maximum Gasteiger partial charge on any atom is 0.287 e. The lowest BCUT2D eigenvalue weighted by Crippen LogP contribution is -2.44. The van der Waals surface area contributed by atoms with Crippen LogP contribution in [-0.2, 0) is 0 Å². The van der Waals surface area contributed by atoms with E-state index in [0.717, 1.165) is 25.9 Å². The van der Waals surface area contributed by atoms with E-state index in [4.69, 9.17) is 9.41 Å². The van der Waals surface area contributed by atoms with Gasteiger partial charge in [0.25, 0.3) is 5.91 Å². The maximum atomic E-state index is 13.6. The Morgan fingerprint density at radius 1 is 1.16 bits per heavy atom. The summed E-state index contributed by atoms with van der Waals surface area (Å²) >= 11 is 0. The highest BCUT2D eigenvalue weighted by Gasteiger charge is 2.23. The molecule has 3 rings (SSSR count). The number of hydrogen-bond donors (Lipinski definition) is 1. The van der Waals surface area contributed by atoms with Crippen LogP contribution in [0.1, 0.15) is 41.6 Å². The molecule has 1 saturated heterocycles. The summed E-state index contributed by atoms with van der Waals surface area (Å²) in [5.41, 5.74) is 2.17. The van der Waals surface area contributed by atoms with E-state index >= 15 is 0 Å². The van der Waals surface area contributed by atoms with Crippen LogP contribution in [0.15, 0.2) is 99.8 Å². The lowest BCUT2D eigenvalue weighted by atomic mass is 9.98. The summed E-state index contributed by atoms with van der Waals surface area (Å²) < 4.78 is 32.5. The molecule has 1 fully saturated rings. The predicted octanol–water partition coefficient (Wildman–Crippen LogP) is 5.94. The van der Waals surface area contributed by atoms with Crippen LogP contribution in [0.3, 0.4) is 0 Å². The van der Waals surface area contributed by atoms with E-state index in [-0.39, 0.29) is 23.6 Å². The fourth-order valence-electron chi connectivity index (χ4n) is 3.93. The Labute approximate surface area is 216 Å². The molecule has 8 heteroatoms. The van der Waals surface area contributed by atoms with Crippen molar-refractivity contribution in [1.82, 2.24) is 10.2 Å². The number of benzene rings is 1. The number of rotatable bonds is 10. The SMILES string of the molecule is C=CN=C(/C(=N\CN1CCC(NC(=O)c2ccc(C)o2)CC1)c1ccc(F)cc1)/C(C=C)=C/C=C(\C)F. The van der Waals surface area contributed by atoms with Crippen molar-refractivity contribution in [3.63, 3.8) is 0 Å². The number of likely N-dealkylation sites (tertiary alicyclic amines) is 1. The van der Waals surface area contributed by atoms with Crippen molar-refractivity contribution in [3.05, 3.63) is 108 Å². The second-order valence-electron chi connectivity index (χ2n) is 8.67. The van der Waals surface area contributed by atoms with Gasteiger partial charge in [-0.05, 0) is 69.2 Å². The number of allylic oxidation sites excluding steroid dienone is 5. The highest BCUT2D eigenvalue weighted by Crippen LogP contribution is 2.16. The van der Waals surface area contributed by atoms with Crippen molar-refractivity contribution < 1.29 is 18.0 Å². The summed E-state index contributed by atoms with van der Waals surface area (Å²) in [6.07, 6.45) is 7.36. The van der Waals surface area contributed by atoms with Crippen LogP contribution in [0.2, 0.25) is 0 Å². The second kappa shape index (κ2) is 13.4. The molecule has 1 N–H and O–H groups in total. The molecule has 1 aliphatic rings. The van der Waals surface area contributed by atoms with E-state index < -0.39 is 0 Å². The number of nitrogens with zero attached hydrogens (tertiary/aromatic N) is 3. The molecule has 1 aliphatic heterocycles. The quantitative estimate of drug-likeness (QED) is 0.320. The molecule has 0 unspecified atom stereocenters. The third-order valence-electron chi connectivity index (χ3n) is 5.86. The number of hydrogen-bond acceptors (Lipinski definition) is 5. The summed E-state index contributed by atoms with van der Waals surface area (Å²) in [6, 6.07) is 9.44. The van der Waals surface area contributed by atoms with Crippen LogP contribution in [-0.4, -0.2) is 48.0 Å². The number of amides is 1. The largest absolute Gasteiger partial charge is 0.456 e. The topological polar surface area (TPSA) is 70.2 Å². The zero-order valence-corrected chi connectivity index (χ0v) is 21.2. The number of halogens is 2. The number of piperidine rings is 1. The van der Waals surface area contributed by atoms with Crippen molar-refractivity contribution in [2.45, 2.75) is 32.7 Å². The summed E-state index contributed by atoms with van der Waals surface area (Å²) in [5.74, 6) is 0.0601. The first-order valence-corrected chi connectivity index (χ1v) is 12.1. The number of aryl methyl sites for hydroxylation is 1. The lowest BCUT2D eigenvalue weighted by molar-refractivity contribution is 0.0883. The Hall–Kier alpha value is -3.91. The highest BCUT2D eigenvalue weighted by atomic mass is 19.1. The smallest absolute Gasteiger partial charge is 0.287 e. The third kappa shape index (κ3) is 8.05. The Morgan fingerprint density at radius 3 is 2.43 bits per heavy atom. The average Bonchev–Trinajstić information content (AvgIpc) is 3.32. The van der Waals surface area contributed by atoms with Crippen LogP contribution < -0.4 is 5.32 Å². The van der Waals surface area contributed by atoms with E-state index in [2.05, 4.69) is 28.4 Å². The van der Waals surface area contributed by atoms with Crippen molar-refractivity contribution in [3.8, 4) is 0 Å². The zero-order valence-electron chi connectivity index (χ0n) is 21.2. The van der Waals surface area contributed by atoms with Crippen molar-refractivity contribution in [2.24, 2.45) is 9.98 Å². The fraction of sp³-hybridized carbons (Fsp3) is 0.276. The first kappa shape index (κ1) is 27.7. The minimum Gasteiger partial charge on any atom is -0.456 e. The predicted molar refractivity (Wildman–Crippen MR) is 144 cm³/mol. The molecule has 0 radical (unpaired) electrons. The van der Waals surface area contributed by atoms with Crippen LogP contribution >= 0.6 is 0 Å². The minimum absolute atomic E-state index is 0.0404. The molecule has 2 aromatic rings. The third-order valence-corrected chi connectivity index (χ3v) is 5.86. The van der Waals surface area contributed by atoms with Gasteiger partial charge in [0.15, 0.2) is 5.76 Å². The van der Waals surface area contributed by atoms with Crippen LogP contribution in [0, 0.1) is 12.7 Å². The molecular weight excluding hydrogens is 474 g/mol. The molecule has 0 spiro atoms. The molecule has 0 saturated carbocycles. The normalized spacial score (nSPS) is 16.5. The van der Waals surface area contributed by atoms with Crippen molar-refractivity contribution in [1.29, 1.82) is 0 Å². The number of aliphatic imine (C=N–C) groups is 2. The molecule has 0 bridgehead atoms. The molecule has 1 aromatic carbocycles. The van der Waals surface area contributed by atoms with Crippen LogP contribution in [0.4, 0.5) is 8.78 Å². The highest BCUT2D eigenvalue weighted by molar-refractivity contribution is 6.54. The molecule has 0 aliphatic carbocycles. The average molecular weight is 507 g/mol. The molecule has 194 valence electrons. The van der Waals surface area contributed by atoms with Gasteiger partial charge in [0.05, 0.1) is 23.9 Å². The molecule has 0 atom stereocenters. The van der Waals surface area contributed by atoms with E-state index in [1.807, 2.05) is 0 Å². The van der Waals surface area contributed by atoms with Gasteiger partial charge in [-0.3, -0.25) is 19.7 Å². The monoisotopic (exact) mass is 506 g/mol. The van der Waals surface area contributed by atoms with E-state index in [1.165, 1.54) is 31.3 Å². The van der Waals surface area contributed by atoms with Gasteiger partial charge in [0.1, 0.15) is 11.6 Å². The maximum absolute atomic E-state index is 13.6. The second-order valence-corrected chi connectivity index (χ2v) is 8.67. The standard InChI is InChI=1S/C29H32F2N4O2/c1-5-22(9-7-20(3)30)27(32-6-2)28(23-10-12-24(31)13-11-23)33-19-35-17-15-25(16-18-35)34-29(36)26-14-8-21(4)37-26/h5-14,25H,1-2,15-19H2,3-4H3,(H,34,36)/b20-7+,22-9+,32-27?,33-28-. The Bertz CT molecular complexity index is 1230. The van der Waals surface area contributed by atoms with Crippen LogP contribution in [0.25, 0.3) is 0 Å². The summed E-state index contributed by atoms with van der Waals surface area (Å²) in [7, 11) is 0. The molecule has 2 heterocycles. The summed E-state index contributed by atoms with van der Waals surface area (Å²) in [4.78, 5) is 23.8. The van der Waals surface area contributed by atoms with Crippen LogP contribution in [0.5, 0.6) is 0 Å². The van der Waals surface area contributed by atoms with Gasteiger partial charge >= 0.3 is 0 Å². The molecule has 6 nitrogen and oxygen atoms in total. The van der Waals surface area contributed by atoms with E-state index in [0.29, 0.717) is 40.7 Å². The van der Waals surface area contributed by atoms with Gasteiger partial charge < -0.3 is 9.73 Å². The summed E-state index contributed by atoms with van der Waals surface area (Å²) in [6.45, 7) is 12.5. The molecule has 1 amide bonds. The first-order chi connectivity index (χ1) is 17.8. The van der Waals surface area contributed by atoms with Crippen molar-refractivity contribution >= 4 is 17.3 Å². The van der Waals surface area contributed by atoms with E-state index in [9.17, 15) is 13.6 Å².